The quantitative estimate of drug-likeness (QED) is 0.769. The van der Waals surface area contributed by atoms with Gasteiger partial charge in [-0.3, -0.25) is 10.1 Å². The molecule has 0 aliphatic heterocycles. The van der Waals surface area contributed by atoms with Crippen molar-refractivity contribution >= 4 is 17.3 Å². The van der Waals surface area contributed by atoms with Crippen LogP contribution in [0.3, 0.4) is 0 Å². The normalized spacial score (nSPS) is 14.8. The molecule has 0 aromatic carbocycles. The van der Waals surface area contributed by atoms with E-state index in [-0.39, 0.29) is 18.1 Å². The van der Waals surface area contributed by atoms with E-state index in [9.17, 15) is 4.79 Å². The maximum absolute atomic E-state index is 11.1. The molecule has 2 atom stereocenters. The Morgan fingerprint density at radius 2 is 2.36 bits per heavy atom. The van der Waals surface area contributed by atoms with Crippen molar-refractivity contribution in [3.63, 3.8) is 0 Å². The minimum atomic E-state index is -0.307. The Balaban J connectivity index is 2.49. The molecule has 1 aromatic rings. The zero-order chi connectivity index (χ0) is 10.6. The van der Waals surface area contributed by atoms with E-state index in [0.717, 1.165) is 5.01 Å². The molecule has 0 radical (unpaired) electrons. The molecule has 0 amide bonds. The van der Waals surface area contributed by atoms with Gasteiger partial charge in [-0.05, 0) is 13.8 Å². The van der Waals surface area contributed by atoms with Crippen molar-refractivity contribution in [2.75, 3.05) is 7.11 Å². The molecule has 0 saturated carbocycles. The zero-order valence-electron chi connectivity index (χ0n) is 8.48. The van der Waals surface area contributed by atoms with Gasteiger partial charge in [-0.2, -0.15) is 0 Å². The van der Waals surface area contributed by atoms with Crippen LogP contribution in [0.5, 0.6) is 0 Å². The highest BCUT2D eigenvalue weighted by Gasteiger charge is 2.17. The predicted molar refractivity (Wildman–Crippen MR) is 55.1 cm³/mol. The summed E-state index contributed by atoms with van der Waals surface area (Å²) in [5, 5.41) is 5.99. The van der Waals surface area contributed by atoms with Gasteiger partial charge in [-0.15, -0.1) is 11.3 Å². The molecule has 4 nitrogen and oxygen atoms in total. The summed E-state index contributed by atoms with van der Waals surface area (Å²) in [5.74, 6) is -0.256. The van der Waals surface area contributed by atoms with E-state index in [1.807, 2.05) is 12.3 Å². The fraction of sp³-hybridized carbons (Fsp3) is 0.556. The van der Waals surface area contributed by atoms with E-state index in [0.29, 0.717) is 0 Å². The Kier molecular flexibility index (Phi) is 4.03. The summed E-state index contributed by atoms with van der Waals surface area (Å²) in [6.07, 6.45) is 1.75. The third kappa shape index (κ3) is 2.78. The van der Waals surface area contributed by atoms with Gasteiger partial charge < -0.3 is 4.74 Å². The fourth-order valence-corrected chi connectivity index (χ4v) is 1.79. The first-order valence-electron chi connectivity index (χ1n) is 4.38. The number of nitrogens with one attached hydrogen (secondary N) is 1. The molecule has 0 fully saturated rings. The van der Waals surface area contributed by atoms with Crippen molar-refractivity contribution in [1.82, 2.24) is 10.3 Å². The number of nitrogens with zero attached hydrogens (tertiary/aromatic N) is 1. The average Bonchev–Trinajstić information content (AvgIpc) is 2.69. The Morgan fingerprint density at radius 1 is 1.64 bits per heavy atom. The summed E-state index contributed by atoms with van der Waals surface area (Å²) in [6.45, 7) is 3.74. The first-order valence-corrected chi connectivity index (χ1v) is 5.26. The summed E-state index contributed by atoms with van der Waals surface area (Å²) in [4.78, 5) is 15.3. The van der Waals surface area contributed by atoms with E-state index in [4.69, 9.17) is 0 Å². The highest BCUT2D eigenvalue weighted by Crippen LogP contribution is 2.15. The highest BCUT2D eigenvalue weighted by atomic mass is 32.1. The first-order chi connectivity index (χ1) is 6.65. The van der Waals surface area contributed by atoms with E-state index in [2.05, 4.69) is 15.0 Å². The molecule has 5 heteroatoms. The number of aromatic nitrogens is 1. The third-order valence-electron chi connectivity index (χ3n) is 1.88. The number of hydrogen-bond donors (Lipinski definition) is 1. The molecule has 1 N–H and O–H groups in total. The van der Waals surface area contributed by atoms with Crippen LogP contribution in [0.4, 0.5) is 0 Å². The topological polar surface area (TPSA) is 51.2 Å². The van der Waals surface area contributed by atoms with E-state index in [1.54, 1.807) is 24.5 Å². The van der Waals surface area contributed by atoms with Crippen LogP contribution < -0.4 is 5.32 Å². The number of carbonyl (C=O) groups excluding carboxylic acids is 1. The smallest absolute Gasteiger partial charge is 0.322 e. The van der Waals surface area contributed by atoms with Gasteiger partial charge in [-0.1, -0.05) is 0 Å². The van der Waals surface area contributed by atoms with Gasteiger partial charge in [0.1, 0.15) is 11.0 Å². The molecule has 0 aliphatic rings. The Labute approximate surface area is 87.3 Å². The molecular formula is C9H14N2O2S. The molecule has 1 aromatic heterocycles. The van der Waals surface area contributed by atoms with Gasteiger partial charge in [0, 0.05) is 11.6 Å². The summed E-state index contributed by atoms with van der Waals surface area (Å²) < 4.78 is 4.61. The summed E-state index contributed by atoms with van der Waals surface area (Å²) in [7, 11) is 1.38. The number of rotatable bonds is 4. The average molecular weight is 214 g/mol. The lowest BCUT2D eigenvalue weighted by Gasteiger charge is -2.15. The summed E-state index contributed by atoms with van der Waals surface area (Å²) >= 11 is 1.57. The lowest BCUT2D eigenvalue weighted by atomic mass is 10.2. The molecule has 1 rings (SSSR count). The van der Waals surface area contributed by atoms with Crippen LogP contribution >= 0.6 is 11.3 Å². The largest absolute Gasteiger partial charge is 0.468 e. The lowest BCUT2D eigenvalue weighted by Crippen LogP contribution is -2.36. The van der Waals surface area contributed by atoms with Crippen LogP contribution in [-0.4, -0.2) is 24.1 Å². The maximum Gasteiger partial charge on any atom is 0.322 e. The van der Waals surface area contributed by atoms with Gasteiger partial charge in [0.15, 0.2) is 0 Å². The second-order valence-electron chi connectivity index (χ2n) is 3.00. The van der Waals surface area contributed by atoms with Gasteiger partial charge in [-0.25, -0.2) is 4.98 Å². The maximum atomic E-state index is 11.1. The van der Waals surface area contributed by atoms with E-state index in [1.165, 1.54) is 7.11 Å². The van der Waals surface area contributed by atoms with Crippen molar-refractivity contribution in [2.24, 2.45) is 0 Å². The van der Waals surface area contributed by atoms with Crippen LogP contribution in [0.1, 0.15) is 24.9 Å². The third-order valence-corrected chi connectivity index (χ3v) is 2.83. The van der Waals surface area contributed by atoms with Gasteiger partial charge in [0.05, 0.1) is 13.2 Å². The Hall–Kier alpha value is -0.940. The number of carbonyl (C=O) groups is 1. The first kappa shape index (κ1) is 11.1. The van der Waals surface area contributed by atoms with Crippen molar-refractivity contribution in [3.05, 3.63) is 16.6 Å². The van der Waals surface area contributed by atoms with Crippen LogP contribution in [0.15, 0.2) is 11.6 Å². The van der Waals surface area contributed by atoms with Crippen LogP contribution in [0.2, 0.25) is 0 Å². The predicted octanol–water partition coefficient (Wildman–Crippen LogP) is 1.36. The number of methoxy groups -OCH3 is 1. The van der Waals surface area contributed by atoms with Crippen LogP contribution in [-0.2, 0) is 9.53 Å². The van der Waals surface area contributed by atoms with E-state index >= 15 is 0 Å². The highest BCUT2D eigenvalue weighted by molar-refractivity contribution is 7.09. The monoisotopic (exact) mass is 214 g/mol. The summed E-state index contributed by atoms with van der Waals surface area (Å²) in [5.41, 5.74) is 0. The molecule has 1 heterocycles. The van der Waals surface area contributed by atoms with E-state index < -0.39 is 0 Å². The van der Waals surface area contributed by atoms with Crippen LogP contribution in [0.25, 0.3) is 0 Å². The molecule has 14 heavy (non-hydrogen) atoms. The molecule has 0 spiro atoms. The van der Waals surface area contributed by atoms with Crippen molar-refractivity contribution in [1.29, 1.82) is 0 Å². The fourth-order valence-electron chi connectivity index (χ4n) is 1.14. The molecular weight excluding hydrogens is 200 g/mol. The number of hydrogen-bond acceptors (Lipinski definition) is 5. The molecule has 78 valence electrons. The second-order valence-corrected chi connectivity index (χ2v) is 3.93. The molecule has 0 bridgehead atoms. The number of esters is 1. The van der Waals surface area contributed by atoms with Crippen molar-refractivity contribution < 1.29 is 9.53 Å². The van der Waals surface area contributed by atoms with Gasteiger partial charge in [0.2, 0.25) is 0 Å². The standard InChI is InChI=1S/C9H14N2O2S/c1-6(8-10-4-5-14-8)11-7(2)9(12)13-3/h4-7,11H,1-3H3. The molecule has 2 unspecified atom stereocenters. The minimum absolute atomic E-state index is 0.0732. The zero-order valence-corrected chi connectivity index (χ0v) is 9.30. The lowest BCUT2D eigenvalue weighted by molar-refractivity contribution is -0.142. The van der Waals surface area contributed by atoms with Crippen molar-refractivity contribution in [3.8, 4) is 0 Å². The van der Waals surface area contributed by atoms with Gasteiger partial charge >= 0.3 is 5.97 Å². The Bertz CT molecular complexity index is 287. The van der Waals surface area contributed by atoms with Crippen LogP contribution in [0, 0.1) is 0 Å². The minimum Gasteiger partial charge on any atom is -0.468 e. The number of thiazole rings is 1. The summed E-state index contributed by atoms with van der Waals surface area (Å²) in [6, 6.07) is -0.233. The SMILES string of the molecule is COC(=O)C(C)NC(C)c1nccs1. The van der Waals surface area contributed by atoms with Crippen molar-refractivity contribution in [2.45, 2.75) is 25.9 Å². The molecule has 0 saturated heterocycles. The molecule has 0 aliphatic carbocycles. The number of ether oxygens (including phenoxy) is 1. The van der Waals surface area contributed by atoms with Gasteiger partial charge in [0.25, 0.3) is 0 Å². The Morgan fingerprint density at radius 3 is 2.86 bits per heavy atom. The second kappa shape index (κ2) is 5.07.